The van der Waals surface area contributed by atoms with E-state index >= 15 is 0 Å². The Balaban J connectivity index is 3.32. The average Bonchev–Trinajstić information content (AvgIpc) is 2.26. The van der Waals surface area contributed by atoms with Crippen LogP contribution in [0.2, 0.25) is 0 Å². The summed E-state index contributed by atoms with van der Waals surface area (Å²) in [6.45, 7) is 1.88. The fourth-order valence-corrected chi connectivity index (χ4v) is 1.48. The van der Waals surface area contributed by atoms with Gasteiger partial charge in [0, 0.05) is 18.2 Å². The molecule has 1 aromatic carbocycles. The number of hydrogen-bond acceptors (Lipinski definition) is 4. The van der Waals surface area contributed by atoms with Gasteiger partial charge in [-0.15, -0.1) is 0 Å². The molecule has 0 unspecified atom stereocenters. The maximum absolute atomic E-state index is 5.86. The van der Waals surface area contributed by atoms with Gasteiger partial charge in [-0.1, -0.05) is 0 Å². The molecule has 0 spiro atoms. The van der Waals surface area contributed by atoms with E-state index < -0.39 is 0 Å². The van der Waals surface area contributed by atoms with Crippen molar-refractivity contribution in [2.45, 2.75) is 13.0 Å². The fraction of sp³-hybridized carbons (Fsp3) is 0.455. The lowest BCUT2D eigenvalue weighted by Gasteiger charge is -2.17. The molecule has 0 saturated heterocycles. The van der Waals surface area contributed by atoms with E-state index in [2.05, 4.69) is 0 Å². The zero-order chi connectivity index (χ0) is 11.4. The molecule has 1 rings (SSSR count). The molecule has 0 heterocycles. The average molecular weight is 211 g/mol. The molecule has 4 heteroatoms. The second kappa shape index (κ2) is 4.89. The maximum Gasteiger partial charge on any atom is 0.131 e. The van der Waals surface area contributed by atoms with Gasteiger partial charge in [-0.2, -0.15) is 0 Å². The smallest absolute Gasteiger partial charge is 0.131 e. The molecule has 0 aliphatic heterocycles. The van der Waals surface area contributed by atoms with Crippen LogP contribution >= 0.6 is 0 Å². The molecular weight excluding hydrogens is 194 g/mol. The van der Waals surface area contributed by atoms with Crippen molar-refractivity contribution in [1.29, 1.82) is 0 Å². The van der Waals surface area contributed by atoms with Gasteiger partial charge in [0.05, 0.1) is 26.9 Å². The van der Waals surface area contributed by atoms with Gasteiger partial charge in [-0.05, 0) is 6.92 Å². The van der Waals surface area contributed by atoms with Gasteiger partial charge in [0.25, 0.3) is 0 Å². The zero-order valence-corrected chi connectivity index (χ0v) is 9.53. The van der Waals surface area contributed by atoms with E-state index in [9.17, 15) is 0 Å². The molecule has 0 aromatic heterocycles. The van der Waals surface area contributed by atoms with Crippen molar-refractivity contribution in [1.82, 2.24) is 0 Å². The van der Waals surface area contributed by atoms with Crippen LogP contribution in [0.25, 0.3) is 0 Å². The normalized spacial score (nSPS) is 12.1. The Bertz CT molecular complexity index is 312. The highest BCUT2D eigenvalue weighted by molar-refractivity contribution is 5.52. The third-order valence-corrected chi connectivity index (χ3v) is 2.21. The highest BCUT2D eigenvalue weighted by atomic mass is 16.5. The number of hydrogen-bond donors (Lipinski definition) is 1. The second-order valence-corrected chi connectivity index (χ2v) is 3.23. The predicted molar refractivity (Wildman–Crippen MR) is 58.7 cm³/mol. The Kier molecular flexibility index (Phi) is 3.80. The van der Waals surface area contributed by atoms with E-state index in [-0.39, 0.29) is 6.04 Å². The van der Waals surface area contributed by atoms with Crippen molar-refractivity contribution < 1.29 is 14.2 Å². The predicted octanol–water partition coefficient (Wildman–Crippen LogP) is 1.73. The lowest BCUT2D eigenvalue weighted by molar-refractivity contribution is 0.365. The standard InChI is InChI=1S/C11H17NO3/c1-7(12)11-9(14-3)5-8(13-2)6-10(11)15-4/h5-7H,12H2,1-4H3/t7-/m1/s1. The SMILES string of the molecule is COc1cc(OC)c([C@@H](C)N)c(OC)c1. The Morgan fingerprint density at radius 3 is 1.73 bits per heavy atom. The van der Waals surface area contributed by atoms with Crippen LogP contribution in [-0.4, -0.2) is 21.3 Å². The van der Waals surface area contributed by atoms with Gasteiger partial charge < -0.3 is 19.9 Å². The van der Waals surface area contributed by atoms with Crippen molar-refractivity contribution >= 4 is 0 Å². The topological polar surface area (TPSA) is 53.7 Å². The molecule has 1 aromatic rings. The maximum atomic E-state index is 5.86. The largest absolute Gasteiger partial charge is 0.496 e. The summed E-state index contributed by atoms with van der Waals surface area (Å²) in [5, 5.41) is 0. The summed E-state index contributed by atoms with van der Waals surface area (Å²) in [6, 6.07) is 3.43. The van der Waals surface area contributed by atoms with Gasteiger partial charge in [0.2, 0.25) is 0 Å². The number of ether oxygens (including phenoxy) is 3. The van der Waals surface area contributed by atoms with E-state index in [0.29, 0.717) is 17.2 Å². The van der Waals surface area contributed by atoms with E-state index in [1.165, 1.54) is 0 Å². The van der Waals surface area contributed by atoms with E-state index in [1.807, 2.05) is 6.92 Å². The summed E-state index contributed by atoms with van der Waals surface area (Å²) in [7, 11) is 4.79. The van der Waals surface area contributed by atoms with Gasteiger partial charge in [-0.25, -0.2) is 0 Å². The van der Waals surface area contributed by atoms with Gasteiger partial charge >= 0.3 is 0 Å². The summed E-state index contributed by atoms with van der Waals surface area (Å²) in [5.41, 5.74) is 6.71. The van der Waals surface area contributed by atoms with Crippen molar-refractivity contribution in [3.05, 3.63) is 17.7 Å². The van der Waals surface area contributed by atoms with Crippen LogP contribution < -0.4 is 19.9 Å². The van der Waals surface area contributed by atoms with Gasteiger partial charge in [0.15, 0.2) is 0 Å². The molecule has 0 fully saturated rings. The van der Waals surface area contributed by atoms with Crippen LogP contribution in [0.15, 0.2) is 12.1 Å². The molecule has 0 bridgehead atoms. The quantitative estimate of drug-likeness (QED) is 0.824. The molecule has 0 aliphatic carbocycles. The van der Waals surface area contributed by atoms with Crippen molar-refractivity contribution in [3.63, 3.8) is 0 Å². The molecule has 84 valence electrons. The first-order valence-corrected chi connectivity index (χ1v) is 4.69. The van der Waals surface area contributed by atoms with Crippen LogP contribution in [0.4, 0.5) is 0 Å². The Hall–Kier alpha value is -1.42. The summed E-state index contributed by atoms with van der Waals surface area (Å²) >= 11 is 0. The van der Waals surface area contributed by atoms with E-state index in [4.69, 9.17) is 19.9 Å². The molecule has 0 amide bonds. The van der Waals surface area contributed by atoms with Crippen LogP contribution in [0.3, 0.4) is 0 Å². The summed E-state index contributed by atoms with van der Waals surface area (Å²) in [4.78, 5) is 0. The van der Waals surface area contributed by atoms with Crippen LogP contribution in [0.1, 0.15) is 18.5 Å². The van der Waals surface area contributed by atoms with Gasteiger partial charge in [0.1, 0.15) is 17.2 Å². The molecule has 4 nitrogen and oxygen atoms in total. The van der Waals surface area contributed by atoms with Crippen molar-refractivity contribution in [3.8, 4) is 17.2 Å². The third kappa shape index (κ3) is 2.33. The lowest BCUT2D eigenvalue weighted by atomic mass is 10.1. The number of nitrogens with two attached hydrogens (primary N) is 1. The minimum absolute atomic E-state index is 0.152. The minimum atomic E-state index is -0.152. The second-order valence-electron chi connectivity index (χ2n) is 3.23. The zero-order valence-electron chi connectivity index (χ0n) is 9.53. The monoisotopic (exact) mass is 211 g/mol. The van der Waals surface area contributed by atoms with Gasteiger partial charge in [-0.3, -0.25) is 0 Å². The van der Waals surface area contributed by atoms with Crippen LogP contribution in [-0.2, 0) is 0 Å². The lowest BCUT2D eigenvalue weighted by Crippen LogP contribution is -2.09. The number of benzene rings is 1. The molecule has 2 N–H and O–H groups in total. The summed E-state index contributed by atoms with van der Waals surface area (Å²) in [5.74, 6) is 2.05. The minimum Gasteiger partial charge on any atom is -0.496 e. The number of rotatable bonds is 4. The first-order chi connectivity index (χ1) is 7.13. The van der Waals surface area contributed by atoms with E-state index in [1.54, 1.807) is 33.5 Å². The first-order valence-electron chi connectivity index (χ1n) is 4.69. The highest BCUT2D eigenvalue weighted by Crippen LogP contribution is 2.37. The summed E-state index contributed by atoms with van der Waals surface area (Å²) in [6.07, 6.45) is 0. The highest BCUT2D eigenvalue weighted by Gasteiger charge is 2.16. The Morgan fingerprint density at radius 1 is 1.00 bits per heavy atom. The molecule has 15 heavy (non-hydrogen) atoms. The molecule has 1 atom stereocenters. The Labute approximate surface area is 89.9 Å². The molecular formula is C11H17NO3. The van der Waals surface area contributed by atoms with Crippen LogP contribution in [0.5, 0.6) is 17.2 Å². The summed E-state index contributed by atoms with van der Waals surface area (Å²) < 4.78 is 15.6. The molecule has 0 saturated carbocycles. The van der Waals surface area contributed by atoms with E-state index in [0.717, 1.165) is 5.56 Å². The van der Waals surface area contributed by atoms with Crippen molar-refractivity contribution in [2.75, 3.05) is 21.3 Å². The Morgan fingerprint density at radius 2 is 1.47 bits per heavy atom. The molecule has 0 radical (unpaired) electrons. The van der Waals surface area contributed by atoms with Crippen molar-refractivity contribution in [2.24, 2.45) is 5.73 Å². The van der Waals surface area contributed by atoms with Crippen LogP contribution in [0, 0.1) is 0 Å². The molecule has 0 aliphatic rings. The number of methoxy groups -OCH3 is 3. The third-order valence-electron chi connectivity index (χ3n) is 2.21. The first kappa shape index (κ1) is 11.7. The fourth-order valence-electron chi connectivity index (χ4n) is 1.48.